The molecule has 0 aliphatic carbocycles. The molecule has 0 fully saturated rings. The summed E-state index contributed by atoms with van der Waals surface area (Å²) in [5, 5.41) is 9.63. The van der Waals surface area contributed by atoms with Crippen molar-refractivity contribution in [3.8, 4) is 5.75 Å². The van der Waals surface area contributed by atoms with E-state index >= 15 is 0 Å². The quantitative estimate of drug-likeness (QED) is 0.100. The molecule has 0 radical (unpaired) electrons. The van der Waals surface area contributed by atoms with Crippen LogP contribution in [0.25, 0.3) is 22.1 Å². The molecule has 1 amide bonds. The highest BCUT2D eigenvalue weighted by atomic mass is 31.2. The molecule has 5 N–H and O–H groups in total. The lowest BCUT2D eigenvalue weighted by Gasteiger charge is -2.30. The summed E-state index contributed by atoms with van der Waals surface area (Å²) in [5.74, 6) is 0.304. The third-order valence-electron chi connectivity index (χ3n) is 5.94. The lowest BCUT2D eigenvalue weighted by molar-refractivity contribution is -0.641. The molecule has 36 heavy (non-hydrogen) atoms. The van der Waals surface area contributed by atoms with Gasteiger partial charge in [-0.15, -0.1) is 0 Å². The zero-order valence-electron chi connectivity index (χ0n) is 20.2. The summed E-state index contributed by atoms with van der Waals surface area (Å²) in [4.78, 5) is 45.0. The molecule has 0 saturated heterocycles. The van der Waals surface area contributed by atoms with Gasteiger partial charge in [0.2, 0.25) is 29.4 Å². The lowest BCUT2D eigenvalue weighted by atomic mass is 10.2. The number of aliphatic hydroxyl groups is 1. The molecular formula is C23H32N3O8P2+. The highest BCUT2D eigenvalue weighted by Crippen LogP contribution is 2.69. The standard InChI is InChI=1S/C23H31N3O8P2/c1-3-26-18-10-5-4-9-17(18)25-22-19(26)11-6-12-20(22)34-16-7-13-21(27)24-15-8-14-23(28,35(2,29)30)36(31,32)33/h4-6,9-12,28H,3,7-8,13-16H2,1-2H3,(H3-,24,27,29,30,31,32,33)/p+1. The summed E-state index contributed by atoms with van der Waals surface area (Å²) in [6.07, 6.45) is -0.164. The van der Waals surface area contributed by atoms with Crippen LogP contribution in [-0.4, -0.2) is 55.6 Å². The van der Waals surface area contributed by atoms with Crippen LogP contribution in [0, 0.1) is 0 Å². The van der Waals surface area contributed by atoms with Crippen molar-refractivity contribution < 1.29 is 43.0 Å². The van der Waals surface area contributed by atoms with E-state index in [1.54, 1.807) is 0 Å². The highest BCUT2D eigenvalue weighted by molar-refractivity contribution is 7.74. The SMILES string of the molecule is CC[n+]1c2ccccc2nc2c(OCCCC(=O)NCCCC(O)(P(C)(=O)O)P(=O)(O)O)cccc21. The first kappa shape index (κ1) is 28.2. The number of rotatable bonds is 12. The van der Waals surface area contributed by atoms with E-state index in [9.17, 15) is 33.7 Å². The molecule has 3 rings (SSSR count). The Bertz CT molecular complexity index is 1320. The minimum absolute atomic E-state index is 0.0145. The Morgan fingerprint density at radius 3 is 2.44 bits per heavy atom. The van der Waals surface area contributed by atoms with Crippen LogP contribution in [0.1, 0.15) is 32.6 Å². The van der Waals surface area contributed by atoms with Crippen molar-refractivity contribution in [2.24, 2.45) is 0 Å². The maximum absolute atomic E-state index is 12.1. The van der Waals surface area contributed by atoms with Crippen molar-refractivity contribution in [2.45, 2.75) is 44.2 Å². The fourth-order valence-electron chi connectivity index (χ4n) is 3.99. The van der Waals surface area contributed by atoms with Gasteiger partial charge in [0.25, 0.3) is 0 Å². The Labute approximate surface area is 208 Å². The minimum atomic E-state index is -5.25. The van der Waals surface area contributed by atoms with Crippen molar-refractivity contribution in [3.63, 3.8) is 0 Å². The zero-order chi connectivity index (χ0) is 26.6. The van der Waals surface area contributed by atoms with Crippen molar-refractivity contribution in [1.29, 1.82) is 0 Å². The van der Waals surface area contributed by atoms with E-state index < -0.39 is 26.5 Å². The van der Waals surface area contributed by atoms with Crippen LogP contribution >= 0.6 is 15.0 Å². The van der Waals surface area contributed by atoms with Crippen molar-refractivity contribution >= 4 is 42.9 Å². The second-order valence-corrected chi connectivity index (χ2v) is 13.3. The molecule has 2 unspecified atom stereocenters. The summed E-state index contributed by atoms with van der Waals surface area (Å²) in [6, 6.07) is 13.6. The maximum atomic E-state index is 12.1. The fourth-order valence-corrected chi connectivity index (χ4v) is 6.94. The number of carbonyl (C=O) groups excluding carboxylic acids is 1. The van der Waals surface area contributed by atoms with Crippen molar-refractivity contribution in [2.75, 3.05) is 19.8 Å². The molecule has 11 nitrogen and oxygen atoms in total. The number of carbonyl (C=O) groups is 1. The van der Waals surface area contributed by atoms with E-state index in [2.05, 4.69) is 16.8 Å². The molecule has 196 valence electrons. The Hall–Kier alpha value is -2.39. The predicted octanol–water partition coefficient (Wildman–Crippen LogP) is 2.47. The third kappa shape index (κ3) is 6.11. The number of hydrogen-bond donors (Lipinski definition) is 5. The van der Waals surface area contributed by atoms with Gasteiger partial charge in [0.15, 0.2) is 11.3 Å². The summed E-state index contributed by atoms with van der Waals surface area (Å²) in [5.41, 5.74) is 3.56. The Morgan fingerprint density at radius 2 is 1.78 bits per heavy atom. The van der Waals surface area contributed by atoms with Crippen LogP contribution in [0.5, 0.6) is 5.75 Å². The number of amides is 1. The third-order valence-corrected chi connectivity index (χ3v) is 10.5. The van der Waals surface area contributed by atoms with E-state index in [4.69, 9.17) is 9.72 Å². The van der Waals surface area contributed by atoms with Crippen LogP contribution in [0.3, 0.4) is 0 Å². The van der Waals surface area contributed by atoms with Gasteiger partial charge in [-0.2, -0.15) is 4.57 Å². The molecule has 2 aromatic carbocycles. The van der Waals surface area contributed by atoms with Gasteiger partial charge in [-0.3, -0.25) is 13.9 Å². The van der Waals surface area contributed by atoms with Crippen LogP contribution in [-0.2, 0) is 20.5 Å². The van der Waals surface area contributed by atoms with Crippen LogP contribution < -0.4 is 14.6 Å². The maximum Gasteiger partial charge on any atom is 0.366 e. The largest absolute Gasteiger partial charge is 0.491 e. The number of aromatic nitrogens is 2. The number of nitrogens with one attached hydrogen (secondary N) is 1. The van der Waals surface area contributed by atoms with Crippen molar-refractivity contribution in [1.82, 2.24) is 10.3 Å². The fraction of sp³-hybridized carbons (Fsp3) is 0.435. The topological polar surface area (TPSA) is 170 Å². The van der Waals surface area contributed by atoms with E-state index in [1.165, 1.54) is 0 Å². The van der Waals surface area contributed by atoms with Gasteiger partial charge in [-0.05, 0) is 38.3 Å². The van der Waals surface area contributed by atoms with E-state index in [0.717, 1.165) is 28.6 Å². The first-order valence-electron chi connectivity index (χ1n) is 11.6. The minimum Gasteiger partial charge on any atom is -0.491 e. The summed E-state index contributed by atoms with van der Waals surface area (Å²) in [6.45, 7) is 3.78. The summed E-state index contributed by atoms with van der Waals surface area (Å²) < 4.78 is 31.4. The van der Waals surface area contributed by atoms with Crippen LogP contribution in [0.4, 0.5) is 0 Å². The van der Waals surface area contributed by atoms with Gasteiger partial charge in [0, 0.05) is 31.8 Å². The van der Waals surface area contributed by atoms with Gasteiger partial charge in [0.05, 0.1) is 6.61 Å². The van der Waals surface area contributed by atoms with E-state index in [0.29, 0.717) is 18.8 Å². The molecule has 3 aromatic rings. The first-order valence-corrected chi connectivity index (χ1v) is 15.3. The number of aryl methyl sites for hydroxylation is 1. The second-order valence-electron chi connectivity index (χ2n) is 8.57. The molecule has 13 heteroatoms. The van der Waals surface area contributed by atoms with E-state index in [1.807, 2.05) is 42.5 Å². The smallest absolute Gasteiger partial charge is 0.366 e. The number of benzene rings is 2. The Kier molecular flexibility index (Phi) is 8.88. The van der Waals surface area contributed by atoms with Gasteiger partial charge in [-0.1, -0.05) is 18.2 Å². The number of para-hydroxylation sites is 3. The van der Waals surface area contributed by atoms with Gasteiger partial charge >= 0.3 is 7.60 Å². The molecule has 1 heterocycles. The van der Waals surface area contributed by atoms with Crippen LogP contribution in [0.15, 0.2) is 42.5 Å². The number of nitrogens with zero attached hydrogens (tertiary/aromatic N) is 2. The molecule has 1 aromatic heterocycles. The van der Waals surface area contributed by atoms with Gasteiger partial charge in [0.1, 0.15) is 12.1 Å². The molecule has 0 aliphatic rings. The van der Waals surface area contributed by atoms with Crippen molar-refractivity contribution in [3.05, 3.63) is 42.5 Å². The molecule has 2 atom stereocenters. The van der Waals surface area contributed by atoms with E-state index in [-0.39, 0.29) is 31.9 Å². The average Bonchev–Trinajstić information content (AvgIpc) is 2.81. The molecule has 0 spiro atoms. The molecular weight excluding hydrogens is 508 g/mol. The first-order chi connectivity index (χ1) is 16.9. The predicted molar refractivity (Wildman–Crippen MR) is 135 cm³/mol. The summed E-state index contributed by atoms with van der Waals surface area (Å²) in [7, 11) is -9.76. The molecule has 0 aliphatic heterocycles. The number of hydrogen-bond acceptors (Lipinski definition) is 6. The monoisotopic (exact) mass is 540 g/mol. The second kappa shape index (κ2) is 11.3. The highest BCUT2D eigenvalue weighted by Gasteiger charge is 2.56. The van der Waals surface area contributed by atoms with Crippen LogP contribution in [0.2, 0.25) is 0 Å². The normalized spacial score (nSPS) is 15.4. The van der Waals surface area contributed by atoms with Gasteiger partial charge < -0.3 is 29.8 Å². The number of fused-ring (bicyclic) bond motifs is 2. The lowest BCUT2D eigenvalue weighted by Crippen LogP contribution is -2.34. The Morgan fingerprint density at radius 1 is 1.08 bits per heavy atom. The number of ether oxygens (including phenoxy) is 1. The average molecular weight is 540 g/mol. The Balaban J connectivity index is 1.52. The van der Waals surface area contributed by atoms with Gasteiger partial charge in [-0.25, -0.2) is 4.98 Å². The molecule has 0 saturated carbocycles. The zero-order valence-corrected chi connectivity index (χ0v) is 22.0. The summed E-state index contributed by atoms with van der Waals surface area (Å²) >= 11 is 0. The molecule has 0 bridgehead atoms.